The molecule has 0 fully saturated rings. The lowest BCUT2D eigenvalue weighted by molar-refractivity contribution is -0.140. The molecule has 2 rings (SSSR count). The Balaban J connectivity index is 1.91. The van der Waals surface area contributed by atoms with Crippen LogP contribution in [0.3, 0.4) is 0 Å². The first-order valence-corrected chi connectivity index (χ1v) is 12.1. The third kappa shape index (κ3) is 10.8. The molecule has 2 aromatic carbocycles. The van der Waals surface area contributed by atoms with E-state index < -0.39 is 29.6 Å². The maximum atomic E-state index is 12.5. The SMILES string of the molecule is COC(=O)CCc1ccc(O)c(Oc2ccc(CCNC(=O)[C@H](CC(N)=O)NC(=O)OC(C)(C)C)cc2)c1. The van der Waals surface area contributed by atoms with Crippen LogP contribution in [-0.4, -0.2) is 54.3 Å². The van der Waals surface area contributed by atoms with Gasteiger partial charge in [-0.2, -0.15) is 0 Å². The third-order valence-electron chi connectivity index (χ3n) is 5.15. The van der Waals surface area contributed by atoms with Crippen molar-refractivity contribution in [1.29, 1.82) is 0 Å². The van der Waals surface area contributed by atoms with Crippen molar-refractivity contribution in [2.75, 3.05) is 13.7 Å². The Kier molecular flexibility index (Phi) is 10.9. The van der Waals surface area contributed by atoms with Gasteiger partial charge in [-0.3, -0.25) is 14.4 Å². The second-order valence-corrected chi connectivity index (χ2v) is 9.53. The summed E-state index contributed by atoms with van der Waals surface area (Å²) >= 11 is 0. The van der Waals surface area contributed by atoms with Crippen molar-refractivity contribution >= 4 is 23.9 Å². The fraction of sp³-hybridized carbons (Fsp3) is 0.407. The van der Waals surface area contributed by atoms with Gasteiger partial charge in [0.15, 0.2) is 11.5 Å². The van der Waals surface area contributed by atoms with Crippen LogP contribution in [0.5, 0.6) is 17.2 Å². The first kappa shape index (κ1) is 29.9. The molecule has 2 aromatic rings. The summed E-state index contributed by atoms with van der Waals surface area (Å²) in [4.78, 5) is 47.3. The van der Waals surface area contributed by atoms with Gasteiger partial charge < -0.3 is 35.7 Å². The summed E-state index contributed by atoms with van der Waals surface area (Å²) in [5, 5.41) is 15.2. The van der Waals surface area contributed by atoms with Crippen LogP contribution in [0.2, 0.25) is 0 Å². The van der Waals surface area contributed by atoms with Gasteiger partial charge in [-0.1, -0.05) is 18.2 Å². The molecule has 0 bridgehead atoms. The highest BCUT2D eigenvalue weighted by Crippen LogP contribution is 2.32. The van der Waals surface area contributed by atoms with E-state index in [0.29, 0.717) is 18.6 Å². The summed E-state index contributed by atoms with van der Waals surface area (Å²) in [7, 11) is 1.33. The van der Waals surface area contributed by atoms with Gasteiger partial charge in [-0.25, -0.2) is 4.79 Å². The number of aryl methyl sites for hydroxylation is 1. The molecule has 1 atom stereocenters. The first-order chi connectivity index (χ1) is 17.9. The quantitative estimate of drug-likeness (QED) is 0.305. The Morgan fingerprint density at radius 2 is 1.66 bits per heavy atom. The van der Waals surface area contributed by atoms with Gasteiger partial charge in [0.05, 0.1) is 13.5 Å². The number of alkyl carbamates (subject to hydrolysis) is 1. The maximum Gasteiger partial charge on any atom is 0.408 e. The van der Waals surface area contributed by atoms with Crippen molar-refractivity contribution in [3.05, 3.63) is 53.6 Å². The molecule has 0 radical (unpaired) electrons. The molecule has 38 heavy (non-hydrogen) atoms. The lowest BCUT2D eigenvalue weighted by Gasteiger charge is -2.22. The predicted molar refractivity (Wildman–Crippen MR) is 139 cm³/mol. The molecule has 0 spiro atoms. The highest BCUT2D eigenvalue weighted by Gasteiger charge is 2.25. The summed E-state index contributed by atoms with van der Waals surface area (Å²) in [6.45, 7) is 5.28. The number of amides is 3. The van der Waals surface area contributed by atoms with Crippen molar-refractivity contribution in [2.45, 2.75) is 58.1 Å². The molecule has 0 saturated heterocycles. The number of carbonyl (C=O) groups is 4. The molecule has 0 unspecified atom stereocenters. The number of methoxy groups -OCH3 is 1. The number of benzene rings is 2. The highest BCUT2D eigenvalue weighted by atomic mass is 16.6. The number of aromatic hydroxyl groups is 1. The van der Waals surface area contributed by atoms with E-state index in [0.717, 1.165) is 11.1 Å². The molecule has 11 nitrogen and oxygen atoms in total. The Labute approximate surface area is 221 Å². The number of carbonyl (C=O) groups excluding carboxylic acids is 4. The van der Waals surface area contributed by atoms with Crippen molar-refractivity contribution in [2.24, 2.45) is 5.73 Å². The number of hydrogen-bond donors (Lipinski definition) is 4. The summed E-state index contributed by atoms with van der Waals surface area (Å²) in [6, 6.07) is 10.8. The lowest BCUT2D eigenvalue weighted by atomic mass is 10.1. The Hall–Kier alpha value is -4.28. The predicted octanol–water partition coefficient (Wildman–Crippen LogP) is 2.72. The number of phenols is 1. The van der Waals surface area contributed by atoms with E-state index in [2.05, 4.69) is 15.4 Å². The molecule has 0 aliphatic heterocycles. The minimum Gasteiger partial charge on any atom is -0.504 e. The van der Waals surface area contributed by atoms with Crippen LogP contribution in [0.25, 0.3) is 0 Å². The summed E-state index contributed by atoms with van der Waals surface area (Å²) in [6.07, 6.45) is -0.0629. The van der Waals surface area contributed by atoms with E-state index in [1.54, 1.807) is 57.2 Å². The first-order valence-electron chi connectivity index (χ1n) is 12.1. The Morgan fingerprint density at radius 3 is 2.26 bits per heavy atom. The minimum atomic E-state index is -1.16. The molecule has 11 heteroatoms. The number of nitrogens with two attached hydrogens (primary N) is 1. The lowest BCUT2D eigenvalue weighted by Crippen LogP contribution is -2.50. The van der Waals surface area contributed by atoms with Gasteiger partial charge in [0.2, 0.25) is 11.8 Å². The Bertz CT molecular complexity index is 1130. The molecule has 0 aliphatic carbocycles. The molecule has 3 amide bonds. The van der Waals surface area contributed by atoms with Crippen molar-refractivity contribution in [3.8, 4) is 17.2 Å². The van der Waals surface area contributed by atoms with Gasteiger partial charge in [-0.05, 0) is 69.0 Å². The molecule has 0 aliphatic rings. The topological polar surface area (TPSA) is 166 Å². The summed E-state index contributed by atoms with van der Waals surface area (Å²) in [5.74, 6) is -0.917. The zero-order valence-electron chi connectivity index (χ0n) is 22.0. The number of ether oxygens (including phenoxy) is 3. The van der Waals surface area contributed by atoms with Gasteiger partial charge >= 0.3 is 12.1 Å². The zero-order chi connectivity index (χ0) is 28.3. The van der Waals surface area contributed by atoms with Gasteiger partial charge in [-0.15, -0.1) is 0 Å². The fourth-order valence-electron chi connectivity index (χ4n) is 3.31. The fourth-order valence-corrected chi connectivity index (χ4v) is 3.31. The molecular formula is C27H35N3O8. The Morgan fingerprint density at radius 1 is 1.00 bits per heavy atom. The normalized spacial score (nSPS) is 11.7. The zero-order valence-corrected chi connectivity index (χ0v) is 22.0. The molecule has 5 N–H and O–H groups in total. The van der Waals surface area contributed by atoms with Crippen LogP contribution in [-0.2, 0) is 36.7 Å². The highest BCUT2D eigenvalue weighted by molar-refractivity contribution is 5.90. The van der Waals surface area contributed by atoms with Crippen molar-refractivity contribution in [3.63, 3.8) is 0 Å². The van der Waals surface area contributed by atoms with Crippen LogP contribution >= 0.6 is 0 Å². The third-order valence-corrected chi connectivity index (χ3v) is 5.15. The largest absolute Gasteiger partial charge is 0.504 e. The number of hydrogen-bond acceptors (Lipinski definition) is 8. The average Bonchev–Trinajstić information content (AvgIpc) is 2.83. The maximum absolute atomic E-state index is 12.5. The minimum absolute atomic E-state index is 0.0379. The van der Waals surface area contributed by atoms with E-state index in [-0.39, 0.29) is 36.9 Å². The smallest absolute Gasteiger partial charge is 0.408 e. The van der Waals surface area contributed by atoms with Crippen LogP contribution < -0.4 is 21.1 Å². The van der Waals surface area contributed by atoms with Gasteiger partial charge in [0, 0.05) is 13.0 Å². The van der Waals surface area contributed by atoms with Crippen molar-refractivity contribution < 1.29 is 38.5 Å². The average molecular weight is 530 g/mol. The van der Waals surface area contributed by atoms with E-state index in [9.17, 15) is 24.3 Å². The van der Waals surface area contributed by atoms with Gasteiger partial charge in [0.25, 0.3) is 0 Å². The van der Waals surface area contributed by atoms with Crippen LogP contribution in [0.4, 0.5) is 4.79 Å². The van der Waals surface area contributed by atoms with Crippen molar-refractivity contribution in [1.82, 2.24) is 10.6 Å². The molecule has 0 heterocycles. The molecule has 206 valence electrons. The molecule has 0 aromatic heterocycles. The van der Waals surface area contributed by atoms with Crippen LogP contribution in [0, 0.1) is 0 Å². The number of phenolic OH excluding ortho intramolecular Hbond substituents is 1. The molecular weight excluding hydrogens is 494 g/mol. The number of primary amides is 1. The van der Waals surface area contributed by atoms with E-state index >= 15 is 0 Å². The monoisotopic (exact) mass is 529 g/mol. The number of esters is 1. The van der Waals surface area contributed by atoms with Gasteiger partial charge in [0.1, 0.15) is 17.4 Å². The standard InChI is InChI=1S/C27H35N3O8/c1-27(2,3)38-26(35)30-20(16-23(28)32)25(34)29-14-13-17-5-9-19(10-6-17)37-22-15-18(7-11-21(22)31)8-12-24(33)36-4/h5-7,9-11,15,20,31H,8,12-14,16H2,1-4H3,(H2,28,32)(H,29,34)(H,30,35)/t20-/m0/s1. The summed E-state index contributed by atoms with van der Waals surface area (Å²) in [5.41, 5.74) is 6.15. The molecule has 0 saturated carbocycles. The summed E-state index contributed by atoms with van der Waals surface area (Å²) < 4.78 is 15.6. The number of rotatable bonds is 12. The number of nitrogens with one attached hydrogen (secondary N) is 2. The van der Waals surface area contributed by atoms with E-state index in [4.69, 9.17) is 15.2 Å². The second-order valence-electron chi connectivity index (χ2n) is 9.53. The van der Waals surface area contributed by atoms with Crippen LogP contribution in [0.15, 0.2) is 42.5 Å². The van der Waals surface area contributed by atoms with E-state index in [1.807, 2.05) is 0 Å². The van der Waals surface area contributed by atoms with E-state index in [1.165, 1.54) is 13.2 Å². The second kappa shape index (κ2) is 13.9. The van der Waals surface area contributed by atoms with Crippen LogP contribution in [0.1, 0.15) is 44.7 Å².